The smallest absolute Gasteiger partial charge is 0.320 e. The predicted molar refractivity (Wildman–Crippen MR) is 55.9 cm³/mol. The molecular weight excluding hydrogens is 214 g/mol. The van der Waals surface area contributed by atoms with Gasteiger partial charge in [0.1, 0.15) is 12.2 Å². The first-order chi connectivity index (χ1) is 7.63. The molecule has 4 atom stereocenters. The molecule has 1 aliphatic rings. The van der Waals surface area contributed by atoms with E-state index in [1.165, 1.54) is 0 Å². The second kappa shape index (κ2) is 6.15. The summed E-state index contributed by atoms with van der Waals surface area (Å²) < 4.78 is 10.5. The predicted octanol–water partition coefficient (Wildman–Crippen LogP) is -1.35. The van der Waals surface area contributed by atoms with E-state index in [1.807, 2.05) is 6.92 Å². The Hall–Kier alpha value is -0.690. The van der Waals surface area contributed by atoms with Crippen LogP contribution in [0, 0.1) is 0 Å². The molecule has 16 heavy (non-hydrogen) atoms. The van der Waals surface area contributed by atoms with Gasteiger partial charge in [0.05, 0.1) is 19.3 Å². The lowest BCUT2D eigenvalue weighted by molar-refractivity contribution is -0.154. The Morgan fingerprint density at radius 3 is 2.69 bits per heavy atom. The minimum atomic E-state index is -0.962. The number of nitrogens with one attached hydrogen (secondary N) is 1. The molecule has 1 aliphatic heterocycles. The van der Waals surface area contributed by atoms with Gasteiger partial charge in [0.15, 0.2) is 6.10 Å². The van der Waals surface area contributed by atoms with E-state index in [2.05, 4.69) is 5.32 Å². The van der Waals surface area contributed by atoms with Crippen molar-refractivity contribution in [3.05, 3.63) is 0 Å². The van der Waals surface area contributed by atoms with Gasteiger partial charge in [-0.3, -0.25) is 4.79 Å². The highest BCUT2D eigenvalue weighted by Crippen LogP contribution is 2.25. The minimum Gasteiger partial charge on any atom is -0.456 e. The fourth-order valence-corrected chi connectivity index (χ4v) is 1.78. The van der Waals surface area contributed by atoms with Crippen LogP contribution in [0.5, 0.6) is 0 Å². The van der Waals surface area contributed by atoms with Crippen molar-refractivity contribution in [2.45, 2.75) is 37.8 Å². The Kier molecular flexibility index (Phi) is 5.14. The second-order valence-electron chi connectivity index (χ2n) is 3.78. The molecule has 0 aromatic heterocycles. The fraction of sp³-hybridized carbons (Fsp3) is 0.900. The molecule has 0 bridgehead atoms. The zero-order valence-electron chi connectivity index (χ0n) is 9.55. The molecular formula is C10H19NO5. The number of ether oxygens (including phenoxy) is 2. The third-order valence-corrected chi connectivity index (χ3v) is 2.60. The van der Waals surface area contributed by atoms with E-state index in [4.69, 9.17) is 14.6 Å². The van der Waals surface area contributed by atoms with Crippen LogP contribution >= 0.6 is 0 Å². The average molecular weight is 233 g/mol. The highest BCUT2D eigenvalue weighted by Gasteiger charge is 2.44. The first-order valence-electron chi connectivity index (χ1n) is 5.42. The Balaban J connectivity index is 2.58. The van der Waals surface area contributed by atoms with Crippen LogP contribution in [0.4, 0.5) is 0 Å². The van der Waals surface area contributed by atoms with Gasteiger partial charge in [-0.1, -0.05) is 6.92 Å². The molecule has 3 N–H and O–H groups in total. The summed E-state index contributed by atoms with van der Waals surface area (Å²) in [5.41, 5.74) is 0. The fourth-order valence-electron chi connectivity index (χ4n) is 1.78. The molecule has 94 valence electrons. The number of aliphatic hydroxyl groups is 2. The molecule has 1 fully saturated rings. The molecule has 0 aromatic carbocycles. The summed E-state index contributed by atoms with van der Waals surface area (Å²) in [4.78, 5) is 11.3. The summed E-state index contributed by atoms with van der Waals surface area (Å²) in [7, 11) is 1.64. The van der Waals surface area contributed by atoms with Crippen LogP contribution in [0.15, 0.2) is 0 Å². The largest absolute Gasteiger partial charge is 0.456 e. The van der Waals surface area contributed by atoms with Crippen molar-refractivity contribution in [3.63, 3.8) is 0 Å². The van der Waals surface area contributed by atoms with E-state index < -0.39 is 24.3 Å². The van der Waals surface area contributed by atoms with Crippen LogP contribution in [0.25, 0.3) is 0 Å². The number of likely N-dealkylation sites (N-methyl/N-ethyl adjacent to an activating group) is 1. The number of carbonyl (C=O) groups excluding carboxylic acids is 1. The van der Waals surface area contributed by atoms with Gasteiger partial charge >= 0.3 is 5.97 Å². The van der Waals surface area contributed by atoms with E-state index in [1.54, 1.807) is 7.05 Å². The summed E-state index contributed by atoms with van der Waals surface area (Å²) in [5, 5.41) is 21.4. The van der Waals surface area contributed by atoms with Crippen LogP contribution in [-0.2, 0) is 14.3 Å². The normalized spacial score (nSPS) is 34.0. The van der Waals surface area contributed by atoms with Gasteiger partial charge < -0.3 is 25.0 Å². The maximum absolute atomic E-state index is 11.3. The molecule has 1 heterocycles. The summed E-state index contributed by atoms with van der Waals surface area (Å²) in [6.45, 7) is 1.68. The third-order valence-electron chi connectivity index (χ3n) is 2.60. The number of carbonyl (C=O) groups is 1. The summed E-state index contributed by atoms with van der Waals surface area (Å²) in [5.74, 6) is -0.438. The lowest BCUT2D eigenvalue weighted by Gasteiger charge is -2.19. The third kappa shape index (κ3) is 2.91. The van der Waals surface area contributed by atoms with Crippen LogP contribution in [0.3, 0.4) is 0 Å². The molecule has 0 radical (unpaired) electrons. The van der Waals surface area contributed by atoms with Crippen molar-refractivity contribution < 1.29 is 24.5 Å². The van der Waals surface area contributed by atoms with Crippen molar-refractivity contribution in [2.75, 3.05) is 20.2 Å². The minimum absolute atomic E-state index is 0.0868. The van der Waals surface area contributed by atoms with Crippen LogP contribution in [-0.4, -0.2) is 60.8 Å². The SMILES string of the molecule is CCC1O[C@H](CO)[C@H](O)[C@H]1OC(=O)CNC. The molecule has 0 aromatic rings. The second-order valence-corrected chi connectivity index (χ2v) is 3.78. The molecule has 0 amide bonds. The molecule has 6 heteroatoms. The number of hydrogen-bond acceptors (Lipinski definition) is 6. The quantitative estimate of drug-likeness (QED) is 0.509. The van der Waals surface area contributed by atoms with Crippen LogP contribution in [0.2, 0.25) is 0 Å². The van der Waals surface area contributed by atoms with E-state index >= 15 is 0 Å². The lowest BCUT2D eigenvalue weighted by atomic mass is 10.1. The zero-order chi connectivity index (χ0) is 12.1. The Labute approximate surface area is 94.5 Å². The molecule has 1 rings (SSSR count). The number of esters is 1. The van der Waals surface area contributed by atoms with Gasteiger partial charge in [-0.2, -0.15) is 0 Å². The van der Waals surface area contributed by atoms with Crippen molar-refractivity contribution >= 4 is 5.97 Å². The molecule has 1 unspecified atom stereocenters. The Morgan fingerprint density at radius 1 is 1.50 bits per heavy atom. The Bertz CT molecular complexity index is 233. The van der Waals surface area contributed by atoms with Gasteiger partial charge in [0, 0.05) is 0 Å². The maximum Gasteiger partial charge on any atom is 0.320 e. The lowest BCUT2D eigenvalue weighted by Crippen LogP contribution is -2.39. The average Bonchev–Trinajstić information content (AvgIpc) is 2.56. The van der Waals surface area contributed by atoms with Gasteiger partial charge in [-0.05, 0) is 13.5 Å². The summed E-state index contributed by atoms with van der Waals surface area (Å²) in [6.07, 6.45) is -2.06. The molecule has 0 spiro atoms. The van der Waals surface area contributed by atoms with E-state index in [9.17, 15) is 9.90 Å². The first-order valence-corrected chi connectivity index (χ1v) is 5.42. The molecule has 6 nitrogen and oxygen atoms in total. The van der Waals surface area contributed by atoms with Crippen molar-refractivity contribution in [1.29, 1.82) is 0 Å². The standard InChI is InChI=1S/C10H19NO5/c1-3-6-10(16-8(13)4-11-2)9(14)7(5-12)15-6/h6-7,9-12,14H,3-5H2,1-2H3/t6?,7-,9+,10+/m1/s1. The summed E-state index contributed by atoms with van der Waals surface area (Å²) in [6, 6.07) is 0. The van der Waals surface area contributed by atoms with Crippen molar-refractivity contribution in [3.8, 4) is 0 Å². The number of rotatable bonds is 5. The summed E-state index contributed by atoms with van der Waals surface area (Å²) >= 11 is 0. The topological polar surface area (TPSA) is 88.0 Å². The monoisotopic (exact) mass is 233 g/mol. The van der Waals surface area contributed by atoms with Gasteiger partial charge in [0.25, 0.3) is 0 Å². The van der Waals surface area contributed by atoms with Gasteiger partial charge in [-0.15, -0.1) is 0 Å². The highest BCUT2D eigenvalue weighted by atomic mass is 16.6. The van der Waals surface area contributed by atoms with Crippen LogP contribution < -0.4 is 5.32 Å². The van der Waals surface area contributed by atoms with Gasteiger partial charge in [0.2, 0.25) is 0 Å². The molecule has 0 saturated carbocycles. The van der Waals surface area contributed by atoms with E-state index in [0.717, 1.165) is 0 Å². The maximum atomic E-state index is 11.3. The highest BCUT2D eigenvalue weighted by molar-refractivity contribution is 5.71. The molecule has 1 saturated heterocycles. The van der Waals surface area contributed by atoms with Crippen molar-refractivity contribution in [1.82, 2.24) is 5.32 Å². The Morgan fingerprint density at radius 2 is 2.19 bits per heavy atom. The van der Waals surface area contributed by atoms with E-state index in [0.29, 0.717) is 6.42 Å². The molecule has 0 aliphatic carbocycles. The van der Waals surface area contributed by atoms with E-state index in [-0.39, 0.29) is 19.3 Å². The van der Waals surface area contributed by atoms with Crippen LogP contribution in [0.1, 0.15) is 13.3 Å². The van der Waals surface area contributed by atoms with Crippen molar-refractivity contribution in [2.24, 2.45) is 0 Å². The first kappa shape index (κ1) is 13.4. The number of hydrogen-bond donors (Lipinski definition) is 3. The zero-order valence-corrected chi connectivity index (χ0v) is 9.55. The number of aliphatic hydroxyl groups excluding tert-OH is 2. The van der Waals surface area contributed by atoms with Gasteiger partial charge in [-0.25, -0.2) is 0 Å².